The number of nitrogens with zero attached hydrogens (tertiary/aromatic N) is 2. The third-order valence-electron chi connectivity index (χ3n) is 3.45. The van der Waals surface area contributed by atoms with Crippen LogP contribution in [0.2, 0.25) is 0 Å². The Bertz CT molecular complexity index is 457. The molecule has 1 rings (SSSR count). The summed E-state index contributed by atoms with van der Waals surface area (Å²) in [7, 11) is 1.85. The Morgan fingerprint density at radius 3 is 2.55 bits per heavy atom. The number of anilines is 1. The maximum atomic E-state index is 12.5. The second-order valence-corrected chi connectivity index (χ2v) is 5.92. The summed E-state index contributed by atoms with van der Waals surface area (Å²) in [5, 5.41) is 0. The zero-order valence-corrected chi connectivity index (χ0v) is 13.3. The van der Waals surface area contributed by atoms with Crippen molar-refractivity contribution in [3.8, 4) is 0 Å². The van der Waals surface area contributed by atoms with E-state index in [2.05, 4.69) is 32.7 Å². The Morgan fingerprint density at radius 1 is 1.35 bits per heavy atom. The van der Waals surface area contributed by atoms with E-state index < -0.39 is 0 Å². The first-order chi connectivity index (χ1) is 9.35. The number of rotatable bonds is 6. The van der Waals surface area contributed by atoms with Crippen LogP contribution in [-0.4, -0.2) is 28.9 Å². The van der Waals surface area contributed by atoms with Crippen LogP contribution < -0.4 is 5.73 Å². The Morgan fingerprint density at radius 2 is 2.00 bits per heavy atom. The van der Waals surface area contributed by atoms with Gasteiger partial charge in [-0.3, -0.25) is 4.79 Å². The molecule has 1 aromatic heterocycles. The summed E-state index contributed by atoms with van der Waals surface area (Å²) in [6, 6.07) is 3.74. The first kappa shape index (κ1) is 16.5. The van der Waals surface area contributed by atoms with Gasteiger partial charge in [-0.2, -0.15) is 0 Å². The van der Waals surface area contributed by atoms with E-state index in [1.165, 1.54) is 0 Å². The number of aryl methyl sites for hydroxylation is 1. The molecule has 1 unspecified atom stereocenters. The molecular weight excluding hydrogens is 250 g/mol. The lowest BCUT2D eigenvalue weighted by Crippen LogP contribution is -2.36. The fourth-order valence-corrected chi connectivity index (χ4v) is 2.36. The van der Waals surface area contributed by atoms with E-state index in [-0.39, 0.29) is 11.9 Å². The normalized spacial score (nSPS) is 12.5. The number of carbonyl (C=O) groups excluding carboxylic acids is 1. The Hall–Kier alpha value is -1.58. The number of aromatic nitrogens is 1. The van der Waals surface area contributed by atoms with Crippen molar-refractivity contribution < 1.29 is 4.79 Å². The van der Waals surface area contributed by atoms with E-state index in [1.54, 1.807) is 11.0 Å². The molecule has 1 amide bonds. The van der Waals surface area contributed by atoms with Gasteiger partial charge >= 0.3 is 0 Å². The molecule has 0 radical (unpaired) electrons. The summed E-state index contributed by atoms with van der Waals surface area (Å²) in [5.74, 6) is 1.01. The van der Waals surface area contributed by atoms with E-state index in [1.807, 2.05) is 13.1 Å². The van der Waals surface area contributed by atoms with Crippen LogP contribution >= 0.6 is 0 Å². The van der Waals surface area contributed by atoms with Crippen LogP contribution in [0, 0.1) is 5.92 Å². The van der Waals surface area contributed by atoms with Crippen molar-refractivity contribution in [3.63, 3.8) is 0 Å². The smallest absolute Gasteiger partial charge is 0.254 e. The summed E-state index contributed by atoms with van der Waals surface area (Å²) in [4.78, 5) is 18.6. The molecule has 4 nitrogen and oxygen atoms in total. The highest BCUT2D eigenvalue weighted by molar-refractivity contribution is 5.95. The molecule has 0 aliphatic rings. The molecule has 2 N–H and O–H groups in total. The Balaban J connectivity index is 2.90. The molecule has 0 saturated heterocycles. The summed E-state index contributed by atoms with van der Waals surface area (Å²) in [5.41, 5.74) is 7.33. The highest BCUT2D eigenvalue weighted by Crippen LogP contribution is 2.16. The topological polar surface area (TPSA) is 59.2 Å². The lowest BCUT2D eigenvalue weighted by Gasteiger charge is -2.26. The first-order valence-electron chi connectivity index (χ1n) is 7.38. The van der Waals surface area contributed by atoms with Gasteiger partial charge in [-0.1, -0.05) is 27.2 Å². The van der Waals surface area contributed by atoms with Crippen LogP contribution in [0.3, 0.4) is 0 Å². The molecule has 4 heteroatoms. The van der Waals surface area contributed by atoms with Crippen molar-refractivity contribution in [2.75, 3.05) is 12.8 Å². The standard InChI is InChI=1S/C16H27N3O/c1-6-7-14-9-13(10-15(17)18-14)16(20)19(5)12(4)8-11(2)3/h9-12H,6-8H2,1-5H3,(H2,17,18). The van der Waals surface area contributed by atoms with Gasteiger partial charge in [0.1, 0.15) is 5.82 Å². The third-order valence-corrected chi connectivity index (χ3v) is 3.45. The molecule has 1 aromatic rings. The molecule has 1 heterocycles. The van der Waals surface area contributed by atoms with Gasteiger partial charge in [0.15, 0.2) is 0 Å². The summed E-state index contributed by atoms with van der Waals surface area (Å²) in [6.07, 6.45) is 2.82. The second-order valence-electron chi connectivity index (χ2n) is 5.92. The highest BCUT2D eigenvalue weighted by atomic mass is 16.2. The molecule has 0 bridgehead atoms. The van der Waals surface area contributed by atoms with E-state index in [9.17, 15) is 4.79 Å². The largest absolute Gasteiger partial charge is 0.384 e. The third kappa shape index (κ3) is 4.51. The molecule has 0 saturated carbocycles. The van der Waals surface area contributed by atoms with Gasteiger partial charge in [0, 0.05) is 24.3 Å². The molecule has 0 spiro atoms. The van der Waals surface area contributed by atoms with Crippen LogP contribution in [0.1, 0.15) is 56.6 Å². The predicted octanol–water partition coefficient (Wildman–Crippen LogP) is 3.12. The average molecular weight is 277 g/mol. The number of hydrogen-bond donors (Lipinski definition) is 1. The monoisotopic (exact) mass is 277 g/mol. The number of pyridine rings is 1. The summed E-state index contributed by atoms with van der Waals surface area (Å²) < 4.78 is 0. The van der Waals surface area contributed by atoms with Crippen molar-refractivity contribution in [2.24, 2.45) is 5.92 Å². The minimum Gasteiger partial charge on any atom is -0.384 e. The maximum absolute atomic E-state index is 12.5. The molecule has 20 heavy (non-hydrogen) atoms. The molecular formula is C16H27N3O. The number of nitrogen functional groups attached to an aromatic ring is 1. The van der Waals surface area contributed by atoms with Crippen molar-refractivity contribution >= 4 is 11.7 Å². The minimum absolute atomic E-state index is 0.0182. The first-order valence-corrected chi connectivity index (χ1v) is 7.38. The highest BCUT2D eigenvalue weighted by Gasteiger charge is 2.19. The number of hydrogen-bond acceptors (Lipinski definition) is 3. The maximum Gasteiger partial charge on any atom is 0.254 e. The summed E-state index contributed by atoms with van der Waals surface area (Å²) >= 11 is 0. The number of carbonyl (C=O) groups is 1. The van der Waals surface area contributed by atoms with Crippen molar-refractivity contribution in [1.29, 1.82) is 0 Å². The SMILES string of the molecule is CCCc1cc(C(=O)N(C)C(C)CC(C)C)cc(N)n1. The minimum atomic E-state index is 0.0182. The lowest BCUT2D eigenvalue weighted by molar-refractivity contribution is 0.0728. The van der Waals surface area contributed by atoms with E-state index in [4.69, 9.17) is 5.73 Å². The van der Waals surface area contributed by atoms with E-state index in [0.29, 0.717) is 17.3 Å². The molecule has 1 atom stereocenters. The Labute approximate surface area is 122 Å². The van der Waals surface area contributed by atoms with Crippen LogP contribution in [-0.2, 0) is 6.42 Å². The van der Waals surface area contributed by atoms with Crippen molar-refractivity contribution in [3.05, 3.63) is 23.4 Å². The molecule has 0 aliphatic heterocycles. The van der Waals surface area contributed by atoms with Gasteiger partial charge < -0.3 is 10.6 Å². The molecule has 112 valence electrons. The van der Waals surface area contributed by atoms with Crippen LogP contribution in [0.25, 0.3) is 0 Å². The van der Waals surface area contributed by atoms with Crippen LogP contribution in [0.4, 0.5) is 5.82 Å². The van der Waals surface area contributed by atoms with E-state index >= 15 is 0 Å². The van der Waals surface area contributed by atoms with E-state index in [0.717, 1.165) is 25.0 Å². The summed E-state index contributed by atoms with van der Waals surface area (Å²) in [6.45, 7) is 8.50. The second kappa shape index (κ2) is 7.27. The average Bonchev–Trinajstić information content (AvgIpc) is 2.35. The van der Waals surface area contributed by atoms with Gasteiger partial charge in [-0.25, -0.2) is 4.98 Å². The van der Waals surface area contributed by atoms with Gasteiger partial charge in [0.2, 0.25) is 0 Å². The zero-order valence-electron chi connectivity index (χ0n) is 13.3. The Kier molecular flexibility index (Phi) is 5.99. The van der Waals surface area contributed by atoms with Crippen molar-refractivity contribution in [1.82, 2.24) is 9.88 Å². The lowest BCUT2D eigenvalue weighted by atomic mass is 10.0. The van der Waals surface area contributed by atoms with Crippen LogP contribution in [0.5, 0.6) is 0 Å². The predicted molar refractivity (Wildman–Crippen MR) is 83.7 cm³/mol. The van der Waals surface area contributed by atoms with Gasteiger partial charge in [-0.05, 0) is 37.8 Å². The van der Waals surface area contributed by atoms with Crippen molar-refractivity contribution in [2.45, 2.75) is 53.0 Å². The quantitative estimate of drug-likeness (QED) is 0.869. The molecule has 0 fully saturated rings. The molecule has 0 aromatic carbocycles. The number of amides is 1. The fourth-order valence-electron chi connectivity index (χ4n) is 2.36. The van der Waals surface area contributed by atoms with Gasteiger partial charge in [0.25, 0.3) is 5.91 Å². The van der Waals surface area contributed by atoms with Crippen LogP contribution in [0.15, 0.2) is 12.1 Å². The fraction of sp³-hybridized carbons (Fsp3) is 0.625. The molecule has 0 aliphatic carbocycles. The van der Waals surface area contributed by atoms with Gasteiger partial charge in [0.05, 0.1) is 0 Å². The zero-order chi connectivity index (χ0) is 15.3. The number of nitrogens with two attached hydrogens (primary N) is 1. The van der Waals surface area contributed by atoms with Gasteiger partial charge in [-0.15, -0.1) is 0 Å².